The van der Waals surface area contributed by atoms with E-state index in [1.165, 1.54) is 13.9 Å². The number of phenolic OH excluding ortho intramolecular Hbond substituents is 3. The highest BCUT2D eigenvalue weighted by molar-refractivity contribution is 6.45. The number of halogens is 1. The van der Waals surface area contributed by atoms with Gasteiger partial charge in [0.2, 0.25) is 0 Å². The van der Waals surface area contributed by atoms with Gasteiger partial charge in [0.25, 0.3) is 0 Å². The molecule has 0 saturated heterocycles. The van der Waals surface area contributed by atoms with E-state index in [1.807, 2.05) is 0 Å². The summed E-state index contributed by atoms with van der Waals surface area (Å²) in [5, 5.41) is 30.8. The Morgan fingerprint density at radius 3 is 2.27 bits per heavy atom. The lowest BCUT2D eigenvalue weighted by atomic mass is 9.78. The second-order valence-corrected chi connectivity index (χ2v) is 5.72. The number of carbonyl (C=O) groups excluding carboxylic acids is 1. The van der Waals surface area contributed by atoms with E-state index in [-0.39, 0.29) is 28.3 Å². The van der Waals surface area contributed by atoms with Crippen LogP contribution in [0.5, 0.6) is 17.2 Å². The van der Waals surface area contributed by atoms with Crippen LogP contribution in [0.1, 0.15) is 21.5 Å². The standard InChI is InChI=1S/C15H11B2ClO4/c16-11-10(13(20)15(22)12(17)14(11)21)8-4-9(19)7-3-5(18)1-2-6(7)8/h1-4,20-22H,16-17H2. The predicted molar refractivity (Wildman–Crippen MR) is 90.7 cm³/mol. The SMILES string of the molecule is Bc1c(O)c(B)c(C2=CC(=O)c3cc(Cl)ccc32)c(O)c1O. The van der Waals surface area contributed by atoms with E-state index in [0.29, 0.717) is 27.2 Å². The summed E-state index contributed by atoms with van der Waals surface area (Å²) in [5.74, 6) is -1.09. The minimum atomic E-state index is -0.395. The van der Waals surface area contributed by atoms with Crippen molar-refractivity contribution in [2.75, 3.05) is 0 Å². The summed E-state index contributed by atoms with van der Waals surface area (Å²) < 4.78 is 0. The van der Waals surface area contributed by atoms with Gasteiger partial charge in [0.05, 0.1) is 0 Å². The van der Waals surface area contributed by atoms with Crippen molar-refractivity contribution in [3.8, 4) is 17.2 Å². The molecule has 4 nitrogen and oxygen atoms in total. The van der Waals surface area contributed by atoms with E-state index < -0.39 is 5.75 Å². The first-order chi connectivity index (χ1) is 10.3. The average molecular weight is 312 g/mol. The van der Waals surface area contributed by atoms with E-state index in [2.05, 4.69) is 0 Å². The van der Waals surface area contributed by atoms with Crippen molar-refractivity contribution in [3.05, 3.63) is 46.0 Å². The highest BCUT2D eigenvalue weighted by atomic mass is 35.5. The molecule has 0 heterocycles. The van der Waals surface area contributed by atoms with Crippen LogP contribution in [0.25, 0.3) is 5.57 Å². The Morgan fingerprint density at radius 2 is 1.59 bits per heavy atom. The van der Waals surface area contributed by atoms with Crippen LogP contribution in [-0.2, 0) is 0 Å². The number of hydrogen-bond acceptors (Lipinski definition) is 4. The molecule has 0 radical (unpaired) electrons. The van der Waals surface area contributed by atoms with Crippen molar-refractivity contribution in [1.82, 2.24) is 0 Å². The van der Waals surface area contributed by atoms with Crippen molar-refractivity contribution < 1.29 is 20.1 Å². The van der Waals surface area contributed by atoms with Gasteiger partial charge in [0.15, 0.2) is 17.3 Å². The summed E-state index contributed by atoms with van der Waals surface area (Å²) in [4.78, 5) is 12.1. The molecule has 1 aliphatic rings. The molecule has 0 aliphatic heterocycles. The second kappa shape index (κ2) is 4.85. The lowest BCUT2D eigenvalue weighted by Gasteiger charge is -2.16. The molecule has 0 saturated carbocycles. The molecule has 3 N–H and O–H groups in total. The fourth-order valence-electron chi connectivity index (χ4n) is 2.76. The third kappa shape index (κ3) is 1.91. The Kier molecular flexibility index (Phi) is 3.22. The largest absolute Gasteiger partial charge is 0.509 e. The maximum Gasteiger partial charge on any atom is 0.187 e. The van der Waals surface area contributed by atoms with E-state index in [1.54, 1.807) is 26.0 Å². The van der Waals surface area contributed by atoms with E-state index in [9.17, 15) is 20.1 Å². The van der Waals surface area contributed by atoms with E-state index >= 15 is 0 Å². The Bertz CT molecular complexity index is 845. The summed E-state index contributed by atoms with van der Waals surface area (Å²) in [6.45, 7) is 0. The number of aromatic hydroxyl groups is 3. The number of ketones is 1. The average Bonchev–Trinajstić information content (AvgIpc) is 2.80. The molecule has 108 valence electrons. The molecule has 0 unspecified atom stereocenters. The smallest absolute Gasteiger partial charge is 0.187 e. The summed E-state index contributed by atoms with van der Waals surface area (Å²) in [5.41, 5.74) is 2.33. The third-order valence-electron chi connectivity index (χ3n) is 3.98. The number of benzene rings is 2. The first-order valence-corrected chi connectivity index (χ1v) is 7.01. The molecule has 22 heavy (non-hydrogen) atoms. The minimum absolute atomic E-state index is 0.110. The van der Waals surface area contributed by atoms with Crippen LogP contribution in [0, 0.1) is 0 Å². The predicted octanol–water partition coefficient (Wildman–Crippen LogP) is -0.398. The van der Waals surface area contributed by atoms with Crippen LogP contribution in [0.2, 0.25) is 5.02 Å². The van der Waals surface area contributed by atoms with Crippen molar-refractivity contribution in [2.24, 2.45) is 0 Å². The Labute approximate surface area is 133 Å². The molecule has 2 aromatic rings. The monoisotopic (exact) mass is 312 g/mol. The van der Waals surface area contributed by atoms with Crippen LogP contribution in [0.3, 0.4) is 0 Å². The summed E-state index contributed by atoms with van der Waals surface area (Å²) in [7, 11) is 3.12. The maximum absolute atomic E-state index is 12.1. The van der Waals surface area contributed by atoms with Gasteiger partial charge in [-0.2, -0.15) is 0 Å². The van der Waals surface area contributed by atoms with E-state index in [0.717, 1.165) is 0 Å². The van der Waals surface area contributed by atoms with Crippen molar-refractivity contribution in [1.29, 1.82) is 0 Å². The number of phenols is 3. The number of hydrogen-bond donors (Lipinski definition) is 3. The molecule has 1 aliphatic carbocycles. The van der Waals surface area contributed by atoms with Crippen LogP contribution in [-0.4, -0.2) is 36.8 Å². The molecule has 0 fully saturated rings. The molecule has 0 spiro atoms. The lowest BCUT2D eigenvalue weighted by Crippen LogP contribution is -2.20. The Hall–Kier alpha value is -2.33. The fourth-order valence-corrected chi connectivity index (χ4v) is 2.94. The molecule has 0 amide bonds. The van der Waals surface area contributed by atoms with Gasteiger partial charge in [-0.1, -0.05) is 17.7 Å². The first-order valence-electron chi connectivity index (χ1n) is 6.63. The van der Waals surface area contributed by atoms with Crippen molar-refractivity contribution >= 4 is 49.6 Å². The van der Waals surface area contributed by atoms with Gasteiger partial charge >= 0.3 is 0 Å². The molecular formula is C15H11B2ClO4. The van der Waals surface area contributed by atoms with E-state index in [4.69, 9.17) is 11.6 Å². The number of carbonyl (C=O) groups is 1. The van der Waals surface area contributed by atoms with Crippen molar-refractivity contribution in [3.63, 3.8) is 0 Å². The van der Waals surface area contributed by atoms with Crippen LogP contribution >= 0.6 is 11.6 Å². The van der Waals surface area contributed by atoms with Gasteiger partial charge in [-0.3, -0.25) is 4.79 Å². The Balaban J connectivity index is 2.32. The van der Waals surface area contributed by atoms with Gasteiger partial charge in [-0.15, -0.1) is 0 Å². The van der Waals surface area contributed by atoms with Gasteiger partial charge in [-0.25, -0.2) is 0 Å². The lowest BCUT2D eigenvalue weighted by molar-refractivity contribution is 0.105. The van der Waals surface area contributed by atoms with Gasteiger partial charge < -0.3 is 15.3 Å². The van der Waals surface area contributed by atoms with Crippen molar-refractivity contribution in [2.45, 2.75) is 0 Å². The highest BCUT2D eigenvalue weighted by Gasteiger charge is 2.28. The molecule has 0 atom stereocenters. The maximum atomic E-state index is 12.1. The van der Waals surface area contributed by atoms with Gasteiger partial charge in [0.1, 0.15) is 21.4 Å². The summed E-state index contributed by atoms with van der Waals surface area (Å²) in [6.07, 6.45) is 1.37. The topological polar surface area (TPSA) is 77.8 Å². The second-order valence-electron chi connectivity index (χ2n) is 5.28. The van der Waals surface area contributed by atoms with Gasteiger partial charge in [-0.05, 0) is 40.3 Å². The molecule has 7 heteroatoms. The molecule has 2 aromatic carbocycles. The number of rotatable bonds is 1. The van der Waals surface area contributed by atoms with Crippen LogP contribution in [0.4, 0.5) is 0 Å². The minimum Gasteiger partial charge on any atom is -0.509 e. The highest BCUT2D eigenvalue weighted by Crippen LogP contribution is 2.40. The fraction of sp³-hybridized carbons (Fsp3) is 0. The van der Waals surface area contributed by atoms with Crippen LogP contribution < -0.4 is 10.9 Å². The zero-order valence-electron chi connectivity index (χ0n) is 11.9. The third-order valence-corrected chi connectivity index (χ3v) is 4.22. The Morgan fingerprint density at radius 1 is 0.909 bits per heavy atom. The molecule has 0 aromatic heterocycles. The quantitative estimate of drug-likeness (QED) is 0.380. The summed E-state index contributed by atoms with van der Waals surface area (Å²) >= 11 is 5.91. The number of allylic oxidation sites excluding steroid dienone is 1. The first kappa shape index (κ1) is 14.6. The zero-order chi connectivity index (χ0) is 16.2. The summed E-state index contributed by atoms with van der Waals surface area (Å²) in [6, 6.07) is 4.89. The van der Waals surface area contributed by atoms with Gasteiger partial charge in [0, 0.05) is 16.1 Å². The molecular weight excluding hydrogens is 301 g/mol. The molecule has 3 rings (SSSR count). The zero-order valence-corrected chi connectivity index (χ0v) is 12.7. The number of fused-ring (bicyclic) bond motifs is 1. The molecule has 0 bridgehead atoms. The van der Waals surface area contributed by atoms with Crippen LogP contribution in [0.15, 0.2) is 24.3 Å². The normalized spacial score (nSPS) is 13.1.